The van der Waals surface area contributed by atoms with E-state index in [4.69, 9.17) is 4.74 Å². The lowest BCUT2D eigenvalue weighted by atomic mass is 9.55. The number of hydrogen-bond acceptors (Lipinski definition) is 4. The summed E-state index contributed by atoms with van der Waals surface area (Å²) in [6, 6.07) is 6.74. The van der Waals surface area contributed by atoms with Gasteiger partial charge in [-0.2, -0.15) is 0 Å². The van der Waals surface area contributed by atoms with Crippen molar-refractivity contribution in [1.29, 1.82) is 0 Å². The fraction of sp³-hybridized carbons (Fsp3) is 0.667. The number of rotatable bonds is 3. The minimum absolute atomic E-state index is 0.0388. The van der Waals surface area contributed by atoms with Crippen LogP contribution in [0.4, 0.5) is 5.69 Å². The third-order valence-corrected chi connectivity index (χ3v) is 8.84. The summed E-state index contributed by atoms with van der Waals surface area (Å²) in [7, 11) is 0. The van der Waals surface area contributed by atoms with Crippen molar-refractivity contribution in [3.05, 3.63) is 41.5 Å². The third-order valence-electron chi connectivity index (χ3n) is 8.84. The molecule has 4 heteroatoms. The highest BCUT2D eigenvalue weighted by Gasteiger charge is 2.55. The molecule has 168 valence electrons. The highest BCUT2D eigenvalue weighted by atomic mass is 16.6. The summed E-state index contributed by atoms with van der Waals surface area (Å²) in [5.74, 6) is 1.04. The van der Waals surface area contributed by atoms with Crippen LogP contribution >= 0.6 is 0 Å². The Bertz CT molecular complexity index is 872. The van der Waals surface area contributed by atoms with Gasteiger partial charge in [0.1, 0.15) is 6.10 Å². The van der Waals surface area contributed by atoms with Gasteiger partial charge in [-0.3, -0.25) is 9.69 Å². The fourth-order valence-electron chi connectivity index (χ4n) is 7.07. The minimum atomic E-state index is 0.0388. The van der Waals surface area contributed by atoms with Gasteiger partial charge in [-0.25, -0.2) is 0 Å². The smallest absolute Gasteiger partial charge is 0.310 e. The standard InChI is InChI=1S/C27H38N2O2/c1-18-7-8-24(20(3)14-18)29-12-10-28(11-13-29)17-22-21-15-23-19(2)6-5-9-27(23,4)16-25(21)31-26(22)30/h7-8,14,21-23,25H,2,5-6,9-13,15-17H2,1,3-4H3/t21-,22+,23+,25-,27-/m1/s1. The van der Waals surface area contributed by atoms with Crippen LogP contribution in [0.3, 0.4) is 0 Å². The summed E-state index contributed by atoms with van der Waals surface area (Å²) >= 11 is 0. The van der Waals surface area contributed by atoms with Crippen LogP contribution < -0.4 is 4.90 Å². The minimum Gasteiger partial charge on any atom is -0.462 e. The molecule has 5 atom stereocenters. The van der Waals surface area contributed by atoms with Gasteiger partial charge < -0.3 is 9.64 Å². The van der Waals surface area contributed by atoms with Gasteiger partial charge in [0.05, 0.1) is 5.92 Å². The van der Waals surface area contributed by atoms with Crippen molar-refractivity contribution in [2.75, 3.05) is 37.6 Å². The van der Waals surface area contributed by atoms with Crippen molar-refractivity contribution in [2.45, 2.75) is 59.0 Å². The van der Waals surface area contributed by atoms with Crippen LogP contribution in [0.15, 0.2) is 30.4 Å². The van der Waals surface area contributed by atoms with Crippen molar-refractivity contribution >= 4 is 11.7 Å². The van der Waals surface area contributed by atoms with Crippen LogP contribution in [0.1, 0.15) is 50.2 Å². The number of esters is 1. The number of carbonyl (C=O) groups is 1. The summed E-state index contributed by atoms with van der Waals surface area (Å²) in [4.78, 5) is 17.9. The molecule has 4 nitrogen and oxygen atoms in total. The zero-order chi connectivity index (χ0) is 21.8. The molecule has 2 heterocycles. The lowest BCUT2D eigenvalue weighted by Crippen LogP contribution is -2.50. The monoisotopic (exact) mass is 422 g/mol. The molecular weight excluding hydrogens is 384 g/mol. The molecule has 5 rings (SSSR count). The van der Waals surface area contributed by atoms with Gasteiger partial charge in [0.2, 0.25) is 0 Å². The van der Waals surface area contributed by atoms with Crippen LogP contribution in [0.25, 0.3) is 0 Å². The fourth-order valence-corrected chi connectivity index (χ4v) is 7.07. The van der Waals surface area contributed by atoms with E-state index in [1.165, 1.54) is 35.2 Å². The highest BCUT2D eigenvalue weighted by molar-refractivity contribution is 5.75. The number of hydrogen-bond donors (Lipinski definition) is 0. The maximum Gasteiger partial charge on any atom is 0.310 e. The lowest BCUT2D eigenvalue weighted by molar-refractivity contribution is -0.146. The number of nitrogens with zero attached hydrogens (tertiary/aromatic N) is 2. The van der Waals surface area contributed by atoms with E-state index in [1.807, 2.05) is 0 Å². The Morgan fingerprint density at radius 1 is 1.19 bits per heavy atom. The molecule has 0 spiro atoms. The molecule has 0 aromatic heterocycles. The van der Waals surface area contributed by atoms with Crippen LogP contribution in [0.2, 0.25) is 0 Å². The van der Waals surface area contributed by atoms with E-state index in [-0.39, 0.29) is 23.4 Å². The largest absolute Gasteiger partial charge is 0.462 e. The van der Waals surface area contributed by atoms with Gasteiger partial charge in [-0.1, -0.05) is 36.8 Å². The molecule has 0 amide bonds. The quantitative estimate of drug-likeness (QED) is 0.520. The molecule has 0 N–H and O–H groups in total. The van der Waals surface area contributed by atoms with Crippen LogP contribution in [0.5, 0.6) is 0 Å². The lowest BCUT2D eigenvalue weighted by Gasteiger charge is -2.50. The number of anilines is 1. The van der Waals surface area contributed by atoms with Crippen molar-refractivity contribution in [2.24, 2.45) is 23.2 Å². The molecule has 2 saturated carbocycles. The SMILES string of the molecule is C=C1CCC[C@]2(C)C[C@H]3OC(=O)[C@@H](CN4CCN(c5ccc(C)cc5C)CC4)[C@H]3C[C@@H]12. The average Bonchev–Trinajstić information content (AvgIpc) is 3.01. The number of piperazine rings is 1. The second-order valence-electron chi connectivity index (χ2n) is 11.0. The zero-order valence-electron chi connectivity index (χ0n) is 19.5. The summed E-state index contributed by atoms with van der Waals surface area (Å²) in [6.45, 7) is 16.1. The maximum absolute atomic E-state index is 12.9. The van der Waals surface area contributed by atoms with Crippen molar-refractivity contribution in [1.82, 2.24) is 4.90 Å². The second-order valence-corrected chi connectivity index (χ2v) is 11.0. The highest BCUT2D eigenvalue weighted by Crippen LogP contribution is 2.56. The predicted molar refractivity (Wildman–Crippen MR) is 125 cm³/mol. The van der Waals surface area contributed by atoms with E-state index >= 15 is 0 Å². The van der Waals surface area contributed by atoms with E-state index in [1.54, 1.807) is 0 Å². The Balaban J connectivity index is 1.23. The molecule has 2 aliphatic heterocycles. The topological polar surface area (TPSA) is 32.8 Å². The first-order valence-corrected chi connectivity index (χ1v) is 12.3. The van der Waals surface area contributed by atoms with Gasteiger partial charge in [0.25, 0.3) is 0 Å². The molecule has 1 aromatic rings. The number of allylic oxidation sites excluding steroid dienone is 1. The number of ether oxygens (including phenoxy) is 1. The zero-order valence-corrected chi connectivity index (χ0v) is 19.5. The Morgan fingerprint density at radius 3 is 2.71 bits per heavy atom. The van der Waals surface area contributed by atoms with E-state index < -0.39 is 0 Å². The van der Waals surface area contributed by atoms with Crippen LogP contribution in [-0.4, -0.2) is 49.7 Å². The number of aryl methyl sites for hydroxylation is 2. The van der Waals surface area contributed by atoms with Gasteiger partial charge in [0, 0.05) is 44.3 Å². The van der Waals surface area contributed by atoms with Gasteiger partial charge in [-0.05, 0) is 68.9 Å². The molecule has 1 aromatic carbocycles. The molecule has 2 aliphatic carbocycles. The first-order valence-electron chi connectivity index (χ1n) is 12.3. The van der Waals surface area contributed by atoms with Gasteiger partial charge in [0.15, 0.2) is 0 Å². The van der Waals surface area contributed by atoms with Crippen molar-refractivity contribution < 1.29 is 9.53 Å². The van der Waals surface area contributed by atoms with E-state index in [9.17, 15) is 4.79 Å². The van der Waals surface area contributed by atoms with E-state index in [0.29, 0.717) is 11.8 Å². The van der Waals surface area contributed by atoms with E-state index in [2.05, 4.69) is 55.3 Å². The van der Waals surface area contributed by atoms with Crippen molar-refractivity contribution in [3.8, 4) is 0 Å². The van der Waals surface area contributed by atoms with Gasteiger partial charge >= 0.3 is 5.97 Å². The van der Waals surface area contributed by atoms with E-state index in [0.717, 1.165) is 52.0 Å². The van der Waals surface area contributed by atoms with Gasteiger partial charge in [-0.15, -0.1) is 0 Å². The first-order chi connectivity index (χ1) is 14.8. The Kier molecular flexibility index (Phi) is 5.40. The van der Waals surface area contributed by atoms with Crippen LogP contribution in [-0.2, 0) is 9.53 Å². The van der Waals surface area contributed by atoms with Crippen LogP contribution in [0, 0.1) is 37.0 Å². The summed E-state index contributed by atoms with van der Waals surface area (Å²) in [5.41, 5.74) is 5.73. The molecule has 4 aliphatic rings. The summed E-state index contributed by atoms with van der Waals surface area (Å²) in [6.07, 6.45) is 5.91. The number of benzene rings is 1. The third kappa shape index (κ3) is 3.82. The Labute approximate surface area is 187 Å². The number of carbonyl (C=O) groups excluding carboxylic acids is 1. The summed E-state index contributed by atoms with van der Waals surface area (Å²) in [5, 5.41) is 0. The maximum atomic E-state index is 12.9. The molecule has 4 fully saturated rings. The Hall–Kier alpha value is -1.81. The first kappa shape index (κ1) is 21.1. The molecular formula is C27H38N2O2. The summed E-state index contributed by atoms with van der Waals surface area (Å²) < 4.78 is 5.98. The Morgan fingerprint density at radius 2 is 1.97 bits per heavy atom. The molecule has 0 bridgehead atoms. The molecule has 0 unspecified atom stereocenters. The number of fused-ring (bicyclic) bond motifs is 2. The normalized spacial score (nSPS) is 36.2. The predicted octanol–water partition coefficient (Wildman–Crippen LogP) is 4.74. The molecule has 31 heavy (non-hydrogen) atoms. The second kappa shape index (κ2) is 7.95. The average molecular weight is 423 g/mol. The molecule has 0 radical (unpaired) electrons. The molecule has 2 saturated heterocycles. The van der Waals surface area contributed by atoms with Crippen molar-refractivity contribution in [3.63, 3.8) is 0 Å².